The van der Waals surface area contributed by atoms with Crippen molar-refractivity contribution >= 4 is 0 Å². The average Bonchev–Trinajstić information content (AvgIpc) is 2.07. The van der Waals surface area contributed by atoms with Gasteiger partial charge in [-0.15, -0.1) is 0 Å². The van der Waals surface area contributed by atoms with Crippen LogP contribution in [0.4, 0.5) is 0 Å². The maximum Gasteiger partial charge on any atom is 0.0161 e. The molecule has 0 amide bonds. The maximum absolute atomic E-state index is 3.91. The van der Waals surface area contributed by atoms with E-state index in [4.69, 9.17) is 0 Å². The summed E-state index contributed by atoms with van der Waals surface area (Å²) < 4.78 is 0. The molecule has 0 aromatic heterocycles. The van der Waals surface area contributed by atoms with Crippen molar-refractivity contribution in [2.45, 2.75) is 46.1 Å². The predicted octanol–water partition coefficient (Wildman–Crippen LogP) is 2.98. The lowest BCUT2D eigenvalue weighted by Gasteiger charge is -2.32. The third kappa shape index (κ3) is 3.51. The Kier molecular flexibility index (Phi) is 3.98. The highest BCUT2D eigenvalue weighted by Crippen LogP contribution is 2.29. The van der Waals surface area contributed by atoms with Crippen molar-refractivity contribution < 1.29 is 0 Å². The van der Waals surface area contributed by atoms with Crippen molar-refractivity contribution in [2.24, 2.45) is 11.8 Å². The highest BCUT2D eigenvalue weighted by molar-refractivity contribution is 4.92. The summed E-state index contributed by atoms with van der Waals surface area (Å²) in [6, 6.07) is 0.739. The van der Waals surface area contributed by atoms with Crippen LogP contribution in [-0.4, -0.2) is 12.6 Å². The second kappa shape index (κ2) is 4.80. The van der Waals surface area contributed by atoms with E-state index in [0.29, 0.717) is 0 Å². The summed E-state index contributed by atoms with van der Waals surface area (Å²) in [5, 5.41) is 3.57. The van der Waals surface area contributed by atoms with Crippen LogP contribution in [0.2, 0.25) is 0 Å². The van der Waals surface area contributed by atoms with Crippen LogP contribution in [0.5, 0.6) is 0 Å². The minimum absolute atomic E-state index is 0.739. The van der Waals surface area contributed by atoms with Crippen molar-refractivity contribution in [1.82, 2.24) is 5.32 Å². The Bertz CT molecular complexity index is 174. The first-order chi connectivity index (χ1) is 6.09. The summed E-state index contributed by atoms with van der Waals surface area (Å²) in [6.07, 6.45) is 4.07. The van der Waals surface area contributed by atoms with E-state index in [2.05, 4.69) is 32.7 Å². The first-order valence-corrected chi connectivity index (χ1v) is 5.47. The molecule has 0 aliphatic heterocycles. The van der Waals surface area contributed by atoms with Gasteiger partial charge >= 0.3 is 0 Å². The van der Waals surface area contributed by atoms with Gasteiger partial charge < -0.3 is 5.32 Å². The zero-order valence-corrected chi connectivity index (χ0v) is 9.27. The minimum Gasteiger partial charge on any atom is -0.310 e. The number of hydrogen-bond donors (Lipinski definition) is 1. The predicted molar refractivity (Wildman–Crippen MR) is 58.8 cm³/mol. The lowest BCUT2D eigenvalue weighted by atomic mass is 9.79. The summed E-state index contributed by atoms with van der Waals surface area (Å²) in [4.78, 5) is 0. The normalized spacial score (nSPS) is 34.5. The summed E-state index contributed by atoms with van der Waals surface area (Å²) in [6.45, 7) is 11.7. The van der Waals surface area contributed by atoms with Crippen LogP contribution in [0.15, 0.2) is 12.2 Å². The molecule has 76 valence electrons. The Morgan fingerprint density at radius 3 is 2.54 bits per heavy atom. The van der Waals surface area contributed by atoms with Gasteiger partial charge in [-0.25, -0.2) is 0 Å². The molecule has 0 bridgehead atoms. The molecule has 3 atom stereocenters. The molecule has 0 radical (unpaired) electrons. The Labute approximate surface area is 82.6 Å². The Morgan fingerprint density at radius 2 is 2.00 bits per heavy atom. The van der Waals surface area contributed by atoms with Gasteiger partial charge in [0.05, 0.1) is 0 Å². The van der Waals surface area contributed by atoms with Crippen LogP contribution in [0.1, 0.15) is 40.0 Å². The van der Waals surface area contributed by atoms with Crippen molar-refractivity contribution in [3.63, 3.8) is 0 Å². The molecule has 1 nitrogen and oxygen atoms in total. The monoisotopic (exact) mass is 181 g/mol. The van der Waals surface area contributed by atoms with Crippen molar-refractivity contribution in [3.05, 3.63) is 12.2 Å². The Hall–Kier alpha value is -0.300. The van der Waals surface area contributed by atoms with Crippen molar-refractivity contribution in [2.75, 3.05) is 6.54 Å². The van der Waals surface area contributed by atoms with E-state index in [1.165, 1.54) is 24.8 Å². The van der Waals surface area contributed by atoms with Gasteiger partial charge in [0.2, 0.25) is 0 Å². The van der Waals surface area contributed by atoms with Crippen LogP contribution in [0, 0.1) is 11.8 Å². The fraction of sp³-hybridized carbons (Fsp3) is 0.833. The van der Waals surface area contributed by atoms with Gasteiger partial charge in [-0.1, -0.05) is 26.0 Å². The maximum atomic E-state index is 3.91. The summed E-state index contributed by atoms with van der Waals surface area (Å²) in [5.74, 6) is 1.80. The lowest BCUT2D eigenvalue weighted by Crippen LogP contribution is -2.36. The molecule has 1 saturated carbocycles. The Balaban J connectivity index is 2.25. The van der Waals surface area contributed by atoms with Gasteiger partial charge in [0, 0.05) is 12.6 Å². The molecule has 1 aliphatic carbocycles. The highest BCUT2D eigenvalue weighted by atomic mass is 14.9. The standard InChI is InChI=1S/C12H23N/c1-9(2)8-13-12-6-5-10(3)11(4)7-12/h10-13H,1,5-8H2,2-4H3. The number of hydrogen-bond acceptors (Lipinski definition) is 1. The van der Waals surface area contributed by atoms with E-state index in [0.717, 1.165) is 24.4 Å². The molecule has 3 unspecified atom stereocenters. The quantitative estimate of drug-likeness (QED) is 0.660. The van der Waals surface area contributed by atoms with Crippen LogP contribution in [-0.2, 0) is 0 Å². The van der Waals surface area contributed by atoms with Gasteiger partial charge in [0.1, 0.15) is 0 Å². The second-order valence-electron chi connectivity index (χ2n) is 4.80. The van der Waals surface area contributed by atoms with Crippen LogP contribution >= 0.6 is 0 Å². The molecule has 0 spiro atoms. The van der Waals surface area contributed by atoms with E-state index in [1.807, 2.05) is 0 Å². The molecular weight excluding hydrogens is 158 g/mol. The van der Waals surface area contributed by atoms with Crippen molar-refractivity contribution in [1.29, 1.82) is 0 Å². The summed E-state index contributed by atoms with van der Waals surface area (Å²) in [7, 11) is 0. The molecule has 1 fully saturated rings. The van der Waals surface area contributed by atoms with E-state index < -0.39 is 0 Å². The van der Waals surface area contributed by atoms with E-state index in [9.17, 15) is 0 Å². The molecular formula is C12H23N. The molecule has 1 N–H and O–H groups in total. The molecule has 1 heteroatoms. The topological polar surface area (TPSA) is 12.0 Å². The Morgan fingerprint density at radius 1 is 1.31 bits per heavy atom. The lowest BCUT2D eigenvalue weighted by molar-refractivity contribution is 0.229. The van der Waals surface area contributed by atoms with E-state index >= 15 is 0 Å². The van der Waals surface area contributed by atoms with Gasteiger partial charge in [0.15, 0.2) is 0 Å². The van der Waals surface area contributed by atoms with Gasteiger partial charge in [-0.3, -0.25) is 0 Å². The molecule has 13 heavy (non-hydrogen) atoms. The highest BCUT2D eigenvalue weighted by Gasteiger charge is 2.23. The molecule has 0 heterocycles. The van der Waals surface area contributed by atoms with Crippen LogP contribution < -0.4 is 5.32 Å². The largest absolute Gasteiger partial charge is 0.310 e. The summed E-state index contributed by atoms with van der Waals surface area (Å²) in [5.41, 5.74) is 1.24. The number of nitrogens with one attached hydrogen (secondary N) is 1. The molecule has 0 aromatic rings. The van der Waals surface area contributed by atoms with Gasteiger partial charge in [-0.05, 0) is 38.0 Å². The zero-order valence-electron chi connectivity index (χ0n) is 9.27. The SMILES string of the molecule is C=C(C)CNC1CCC(C)C(C)C1. The molecule has 1 aliphatic rings. The average molecular weight is 181 g/mol. The summed E-state index contributed by atoms with van der Waals surface area (Å²) >= 11 is 0. The third-order valence-corrected chi connectivity index (χ3v) is 3.29. The first kappa shape index (κ1) is 10.8. The van der Waals surface area contributed by atoms with Gasteiger partial charge in [-0.2, -0.15) is 0 Å². The second-order valence-corrected chi connectivity index (χ2v) is 4.80. The number of rotatable bonds is 3. The van der Waals surface area contributed by atoms with Crippen LogP contribution in [0.25, 0.3) is 0 Å². The fourth-order valence-corrected chi connectivity index (χ4v) is 2.05. The fourth-order valence-electron chi connectivity index (χ4n) is 2.05. The van der Waals surface area contributed by atoms with Gasteiger partial charge in [0.25, 0.3) is 0 Å². The van der Waals surface area contributed by atoms with E-state index in [1.54, 1.807) is 0 Å². The van der Waals surface area contributed by atoms with Crippen molar-refractivity contribution in [3.8, 4) is 0 Å². The smallest absolute Gasteiger partial charge is 0.0161 e. The molecule has 0 saturated heterocycles. The third-order valence-electron chi connectivity index (χ3n) is 3.29. The zero-order chi connectivity index (χ0) is 9.84. The first-order valence-electron chi connectivity index (χ1n) is 5.47. The molecule has 1 rings (SSSR count). The van der Waals surface area contributed by atoms with E-state index in [-0.39, 0.29) is 0 Å². The molecule has 0 aromatic carbocycles. The van der Waals surface area contributed by atoms with Crippen LogP contribution in [0.3, 0.4) is 0 Å². The minimum atomic E-state index is 0.739.